The van der Waals surface area contributed by atoms with Gasteiger partial charge >= 0.3 is 6.18 Å². The van der Waals surface area contributed by atoms with Crippen molar-refractivity contribution in [3.05, 3.63) is 65.7 Å². The molecule has 166 valence electrons. The van der Waals surface area contributed by atoms with Crippen LogP contribution in [-0.4, -0.2) is 13.1 Å². The monoisotopic (exact) mass is 443 g/mol. The van der Waals surface area contributed by atoms with Crippen LogP contribution >= 0.6 is 0 Å². The summed E-state index contributed by atoms with van der Waals surface area (Å²) in [6.07, 6.45) is -4.37. The van der Waals surface area contributed by atoms with Crippen molar-refractivity contribution in [3.8, 4) is 11.3 Å². The molecule has 0 saturated carbocycles. The molecular weight excluding hydrogens is 411 g/mol. The molecule has 1 nitrogen and oxygen atoms in total. The Balaban J connectivity index is 2.29. The third-order valence-electron chi connectivity index (χ3n) is 7.01. The van der Waals surface area contributed by atoms with Crippen LogP contribution in [0.1, 0.15) is 52.7 Å². The second-order valence-electron chi connectivity index (χ2n) is 9.52. The summed E-state index contributed by atoms with van der Waals surface area (Å²) in [7, 11) is -1.88. The van der Waals surface area contributed by atoms with Crippen molar-refractivity contribution >= 4 is 19.0 Å². The lowest BCUT2D eigenvalue weighted by Crippen LogP contribution is -2.47. The van der Waals surface area contributed by atoms with Crippen molar-refractivity contribution < 1.29 is 13.2 Å². The van der Waals surface area contributed by atoms with E-state index in [0.29, 0.717) is 27.5 Å². The Kier molecular flexibility index (Phi) is 6.66. The van der Waals surface area contributed by atoms with Crippen LogP contribution in [0.5, 0.6) is 0 Å². The molecule has 0 aliphatic rings. The lowest BCUT2D eigenvalue weighted by Gasteiger charge is -2.43. The Morgan fingerprint density at radius 1 is 0.806 bits per heavy atom. The molecule has 3 aromatic rings. The third kappa shape index (κ3) is 4.57. The van der Waals surface area contributed by atoms with Crippen molar-refractivity contribution in [2.75, 3.05) is 0 Å². The van der Waals surface area contributed by atoms with E-state index < -0.39 is 19.8 Å². The Labute approximate surface area is 184 Å². The number of aromatic nitrogens is 1. The van der Waals surface area contributed by atoms with Crippen LogP contribution in [-0.2, 0) is 12.2 Å². The average Bonchev–Trinajstić information content (AvgIpc) is 2.70. The van der Waals surface area contributed by atoms with E-state index >= 15 is 0 Å². The van der Waals surface area contributed by atoms with Crippen LogP contribution in [0.25, 0.3) is 22.2 Å². The maximum atomic E-state index is 13.5. The largest absolute Gasteiger partial charge is 0.416 e. The van der Waals surface area contributed by atoms with Gasteiger partial charge in [0.25, 0.3) is 0 Å². The molecule has 0 aliphatic carbocycles. The predicted octanol–water partition coefficient (Wildman–Crippen LogP) is 8.68. The molecule has 31 heavy (non-hydrogen) atoms. The van der Waals surface area contributed by atoms with Gasteiger partial charge in [-0.15, -0.1) is 0 Å². The highest BCUT2D eigenvalue weighted by molar-refractivity contribution is 6.83. The van der Waals surface area contributed by atoms with Crippen LogP contribution < -0.4 is 0 Å². The summed E-state index contributed by atoms with van der Waals surface area (Å²) in [6.45, 7) is 13.7. The van der Waals surface area contributed by atoms with Gasteiger partial charge in [-0.05, 0) is 35.9 Å². The van der Waals surface area contributed by atoms with Crippen molar-refractivity contribution in [1.82, 2.24) is 4.98 Å². The van der Waals surface area contributed by atoms with Crippen LogP contribution in [0.3, 0.4) is 0 Å². The van der Waals surface area contributed by atoms with E-state index in [0.717, 1.165) is 28.9 Å². The minimum atomic E-state index is -4.37. The molecule has 0 atom stereocenters. The molecule has 0 saturated heterocycles. The Morgan fingerprint density at radius 2 is 1.39 bits per heavy atom. The SMILES string of the molecule is CC(C)[Si](Cc1cc(-c2ccccc2)nc2ccc(C(F)(F)F)cc12)(C(C)C)C(C)C. The quantitative estimate of drug-likeness (QED) is 0.347. The van der Waals surface area contributed by atoms with E-state index in [9.17, 15) is 13.2 Å². The van der Waals surface area contributed by atoms with Gasteiger partial charge < -0.3 is 0 Å². The van der Waals surface area contributed by atoms with Crippen LogP contribution in [0, 0.1) is 0 Å². The number of hydrogen-bond donors (Lipinski definition) is 0. The number of nitrogens with zero attached hydrogens (tertiary/aromatic N) is 1. The van der Waals surface area contributed by atoms with E-state index in [2.05, 4.69) is 41.5 Å². The summed E-state index contributed by atoms with van der Waals surface area (Å²) >= 11 is 0. The molecule has 0 bridgehead atoms. The highest BCUT2D eigenvalue weighted by Crippen LogP contribution is 2.45. The predicted molar refractivity (Wildman–Crippen MR) is 127 cm³/mol. The number of hydrogen-bond acceptors (Lipinski definition) is 1. The maximum Gasteiger partial charge on any atom is 0.416 e. The van der Waals surface area contributed by atoms with Gasteiger partial charge in [-0.2, -0.15) is 13.2 Å². The maximum absolute atomic E-state index is 13.5. The topological polar surface area (TPSA) is 12.9 Å². The number of halogens is 3. The lowest BCUT2D eigenvalue weighted by atomic mass is 10.0. The smallest absolute Gasteiger partial charge is 0.248 e. The first-order valence-electron chi connectivity index (χ1n) is 11.0. The number of fused-ring (bicyclic) bond motifs is 1. The fourth-order valence-corrected chi connectivity index (χ4v) is 11.5. The highest BCUT2D eigenvalue weighted by atomic mass is 28.3. The molecule has 0 radical (unpaired) electrons. The fraction of sp³-hybridized carbons (Fsp3) is 0.423. The van der Waals surface area contributed by atoms with Crippen LogP contribution in [0.2, 0.25) is 16.6 Å². The molecule has 1 aromatic heterocycles. The van der Waals surface area contributed by atoms with Gasteiger partial charge in [-0.3, -0.25) is 0 Å². The molecule has 1 heterocycles. The first-order valence-corrected chi connectivity index (χ1v) is 13.5. The molecule has 3 rings (SSSR count). The van der Waals surface area contributed by atoms with Crippen LogP contribution in [0.15, 0.2) is 54.6 Å². The van der Waals surface area contributed by atoms with E-state index in [1.807, 2.05) is 36.4 Å². The number of benzene rings is 2. The average molecular weight is 444 g/mol. The van der Waals surface area contributed by atoms with Crippen LogP contribution in [0.4, 0.5) is 13.2 Å². The van der Waals surface area contributed by atoms with Gasteiger partial charge in [0.05, 0.1) is 24.8 Å². The van der Waals surface area contributed by atoms with Gasteiger partial charge in [0, 0.05) is 10.9 Å². The zero-order valence-electron chi connectivity index (χ0n) is 19.2. The summed E-state index contributed by atoms with van der Waals surface area (Å²) in [5, 5.41) is 0.633. The molecule has 0 unspecified atom stereocenters. The second kappa shape index (κ2) is 8.77. The fourth-order valence-electron chi connectivity index (χ4n) is 5.32. The van der Waals surface area contributed by atoms with Crippen molar-refractivity contribution in [3.63, 3.8) is 0 Å². The van der Waals surface area contributed by atoms with Gasteiger partial charge in [0.2, 0.25) is 0 Å². The Bertz CT molecular complexity index is 1020. The summed E-state index contributed by atoms with van der Waals surface area (Å²) < 4.78 is 40.5. The first-order chi connectivity index (χ1) is 14.5. The minimum Gasteiger partial charge on any atom is -0.248 e. The standard InChI is InChI=1S/C26H32F3NSi/c1-17(2)31(18(3)4,19(5)6)16-21-14-25(20-10-8-7-9-11-20)30-24-13-12-22(15-23(21)24)26(27,28)29/h7-15,17-19H,16H2,1-6H3. The zero-order valence-corrected chi connectivity index (χ0v) is 20.2. The molecule has 2 aromatic carbocycles. The second-order valence-corrected chi connectivity index (χ2v) is 15.6. The van der Waals surface area contributed by atoms with Gasteiger partial charge in [-0.1, -0.05) is 88.5 Å². The third-order valence-corrected chi connectivity index (χ3v) is 14.5. The summed E-state index contributed by atoms with van der Waals surface area (Å²) in [4.78, 5) is 4.74. The Morgan fingerprint density at radius 3 is 1.90 bits per heavy atom. The normalized spacial score (nSPS) is 13.0. The summed E-state index contributed by atoms with van der Waals surface area (Å²) in [6, 6.07) is 16.7. The molecule has 0 N–H and O–H groups in total. The highest BCUT2D eigenvalue weighted by Gasteiger charge is 2.43. The van der Waals surface area contributed by atoms with E-state index in [4.69, 9.17) is 4.98 Å². The number of rotatable bonds is 6. The minimum absolute atomic E-state index is 0.515. The molecule has 5 heteroatoms. The summed E-state index contributed by atoms with van der Waals surface area (Å²) in [5.41, 5.74) is 4.37. The van der Waals surface area contributed by atoms with Crippen molar-refractivity contribution in [2.45, 2.75) is 70.4 Å². The molecular formula is C26H32F3NSi. The van der Waals surface area contributed by atoms with E-state index in [1.165, 1.54) is 12.1 Å². The Hall–Kier alpha value is -2.14. The van der Waals surface area contributed by atoms with E-state index in [-0.39, 0.29) is 0 Å². The molecule has 0 amide bonds. The molecule has 0 fully saturated rings. The first kappa shape index (κ1) is 23.5. The van der Waals surface area contributed by atoms with Gasteiger partial charge in [0.15, 0.2) is 0 Å². The van der Waals surface area contributed by atoms with Crippen molar-refractivity contribution in [1.29, 1.82) is 0 Å². The van der Waals surface area contributed by atoms with Gasteiger partial charge in [0.1, 0.15) is 0 Å². The lowest BCUT2D eigenvalue weighted by molar-refractivity contribution is -0.137. The molecule has 0 spiro atoms. The zero-order chi connectivity index (χ0) is 23.0. The van der Waals surface area contributed by atoms with E-state index in [1.54, 1.807) is 0 Å². The van der Waals surface area contributed by atoms with Gasteiger partial charge in [-0.25, -0.2) is 4.98 Å². The van der Waals surface area contributed by atoms with Crippen molar-refractivity contribution in [2.24, 2.45) is 0 Å². The number of alkyl halides is 3. The number of pyridine rings is 1. The summed E-state index contributed by atoms with van der Waals surface area (Å²) in [5.74, 6) is 0. The molecule has 0 aliphatic heterocycles.